The molecule has 0 saturated carbocycles. The first-order valence-electron chi connectivity index (χ1n) is 4.81. The predicted octanol–water partition coefficient (Wildman–Crippen LogP) is 2.21. The molecule has 0 aromatic carbocycles. The van der Waals surface area contributed by atoms with Crippen LogP contribution in [-0.4, -0.2) is 24.4 Å². The molecule has 0 bridgehead atoms. The van der Waals surface area contributed by atoms with Crippen molar-refractivity contribution in [3.63, 3.8) is 0 Å². The molecule has 2 N–H and O–H groups in total. The monoisotopic (exact) mass is 242 g/mol. The molecule has 1 unspecified atom stereocenters. The highest BCUT2D eigenvalue weighted by Crippen LogP contribution is 2.24. The molecule has 0 radical (unpaired) electrons. The summed E-state index contributed by atoms with van der Waals surface area (Å²) in [5.41, 5.74) is 3.52. The number of hydrogen-bond acceptors (Lipinski definition) is 3. The van der Waals surface area contributed by atoms with Gasteiger partial charge in [-0.15, -0.1) is 0 Å². The molecule has 0 aliphatic carbocycles. The summed E-state index contributed by atoms with van der Waals surface area (Å²) in [6, 6.07) is 0. The zero-order chi connectivity index (χ0) is 13.0. The lowest BCUT2D eigenvalue weighted by molar-refractivity contribution is -0.168. The van der Waals surface area contributed by atoms with Crippen molar-refractivity contribution in [1.29, 1.82) is 0 Å². The Morgan fingerprint density at radius 2 is 1.81 bits per heavy atom. The Hall–Kier alpha value is -0.980. The summed E-state index contributed by atoms with van der Waals surface area (Å²) >= 11 is 0. The van der Waals surface area contributed by atoms with Crippen LogP contribution in [0.2, 0.25) is 0 Å². The third-order valence-electron chi connectivity index (χ3n) is 1.56. The summed E-state index contributed by atoms with van der Waals surface area (Å²) in [6.07, 6.45) is -5.08. The van der Waals surface area contributed by atoms with Gasteiger partial charge in [0.1, 0.15) is 5.60 Å². The Morgan fingerprint density at radius 3 is 2.19 bits per heavy atom. The number of hydrogen-bond donors (Lipinski definition) is 2. The fraction of sp³-hybridized carbons (Fsp3) is 0.889. The van der Waals surface area contributed by atoms with Gasteiger partial charge in [0.05, 0.1) is 5.92 Å². The van der Waals surface area contributed by atoms with Gasteiger partial charge in [-0.05, 0) is 20.8 Å². The van der Waals surface area contributed by atoms with Gasteiger partial charge >= 0.3 is 12.3 Å². The van der Waals surface area contributed by atoms with E-state index in [1.165, 1.54) is 0 Å². The number of amides is 1. The molecule has 0 fully saturated rings. The van der Waals surface area contributed by atoms with Crippen molar-refractivity contribution in [1.82, 2.24) is 10.9 Å². The average Bonchev–Trinajstić information content (AvgIpc) is 1.98. The molecule has 0 rings (SSSR count). The first kappa shape index (κ1) is 15.0. The normalized spacial score (nSPS) is 14.4. The van der Waals surface area contributed by atoms with Gasteiger partial charge in [0.15, 0.2) is 0 Å². The Balaban J connectivity index is 3.79. The van der Waals surface area contributed by atoms with Crippen molar-refractivity contribution < 1.29 is 22.7 Å². The van der Waals surface area contributed by atoms with Crippen LogP contribution >= 0.6 is 0 Å². The number of ether oxygens (including phenoxy) is 1. The van der Waals surface area contributed by atoms with E-state index in [4.69, 9.17) is 4.74 Å². The third-order valence-corrected chi connectivity index (χ3v) is 1.56. The van der Waals surface area contributed by atoms with Crippen molar-refractivity contribution in [3.05, 3.63) is 0 Å². The molecule has 1 atom stereocenters. The predicted molar refractivity (Wildman–Crippen MR) is 52.6 cm³/mol. The van der Waals surface area contributed by atoms with Crippen LogP contribution < -0.4 is 10.9 Å². The fourth-order valence-corrected chi connectivity index (χ4v) is 0.696. The van der Waals surface area contributed by atoms with Gasteiger partial charge in [-0.3, -0.25) is 5.43 Å². The first-order valence-corrected chi connectivity index (χ1v) is 4.81. The molecular formula is C9H17F3N2O2. The van der Waals surface area contributed by atoms with E-state index in [1.807, 2.05) is 5.43 Å². The number of nitrogens with one attached hydrogen (secondary N) is 2. The maximum absolute atomic E-state index is 12.1. The topological polar surface area (TPSA) is 50.4 Å². The van der Waals surface area contributed by atoms with E-state index < -0.39 is 30.3 Å². The number of carbonyl (C=O) groups is 1. The smallest absolute Gasteiger partial charge is 0.422 e. The van der Waals surface area contributed by atoms with Crippen LogP contribution in [0.15, 0.2) is 0 Å². The Bertz CT molecular complexity index is 236. The van der Waals surface area contributed by atoms with Crippen molar-refractivity contribution in [3.8, 4) is 0 Å². The molecule has 16 heavy (non-hydrogen) atoms. The molecule has 0 heterocycles. The summed E-state index contributed by atoms with van der Waals surface area (Å²) < 4.78 is 41.0. The maximum atomic E-state index is 12.1. The second kappa shape index (κ2) is 5.38. The highest BCUT2D eigenvalue weighted by Gasteiger charge is 2.35. The van der Waals surface area contributed by atoms with Crippen molar-refractivity contribution >= 4 is 6.09 Å². The van der Waals surface area contributed by atoms with Crippen LogP contribution in [0.3, 0.4) is 0 Å². The fourth-order valence-electron chi connectivity index (χ4n) is 0.696. The summed E-state index contributed by atoms with van der Waals surface area (Å²) in [4.78, 5) is 11.0. The zero-order valence-electron chi connectivity index (χ0n) is 9.73. The van der Waals surface area contributed by atoms with E-state index in [-0.39, 0.29) is 0 Å². The number of rotatable bonds is 3. The maximum Gasteiger partial charge on any atom is 0.422 e. The summed E-state index contributed by atoms with van der Waals surface area (Å²) in [5.74, 6) is -1.54. The van der Waals surface area contributed by atoms with E-state index in [2.05, 4.69) is 5.43 Å². The average molecular weight is 242 g/mol. The van der Waals surface area contributed by atoms with Crippen LogP contribution in [0.4, 0.5) is 18.0 Å². The molecule has 0 aliphatic rings. The second-order valence-electron chi connectivity index (χ2n) is 4.45. The van der Waals surface area contributed by atoms with Gasteiger partial charge in [0.25, 0.3) is 0 Å². The Kier molecular flexibility index (Phi) is 5.05. The van der Waals surface area contributed by atoms with E-state index in [9.17, 15) is 18.0 Å². The summed E-state index contributed by atoms with van der Waals surface area (Å²) in [7, 11) is 0. The van der Waals surface area contributed by atoms with Crippen LogP contribution in [0.5, 0.6) is 0 Å². The van der Waals surface area contributed by atoms with Gasteiger partial charge in [-0.1, -0.05) is 6.92 Å². The minimum atomic E-state index is -4.28. The van der Waals surface area contributed by atoms with Gasteiger partial charge in [0.2, 0.25) is 0 Å². The standard InChI is InChI=1S/C9H17F3N2O2/c1-6(9(10,11)12)5-13-14-7(15)16-8(2,3)4/h6,13H,5H2,1-4H3,(H,14,15). The highest BCUT2D eigenvalue weighted by molar-refractivity contribution is 5.66. The van der Waals surface area contributed by atoms with Crippen molar-refractivity contribution in [2.45, 2.75) is 39.5 Å². The molecular weight excluding hydrogens is 225 g/mol. The molecule has 7 heteroatoms. The van der Waals surface area contributed by atoms with Gasteiger partial charge < -0.3 is 4.74 Å². The lowest BCUT2D eigenvalue weighted by Gasteiger charge is -2.21. The number of carbonyl (C=O) groups excluding carboxylic acids is 1. The Morgan fingerprint density at radius 1 is 1.31 bits per heavy atom. The van der Waals surface area contributed by atoms with Crippen molar-refractivity contribution in [2.75, 3.05) is 6.54 Å². The molecule has 0 saturated heterocycles. The van der Waals surface area contributed by atoms with Gasteiger partial charge in [-0.2, -0.15) is 13.2 Å². The molecule has 0 spiro atoms. The SMILES string of the molecule is CC(CNNC(=O)OC(C)(C)C)C(F)(F)F. The Labute approximate surface area is 92.5 Å². The quantitative estimate of drug-likeness (QED) is 0.746. The van der Waals surface area contributed by atoms with E-state index in [0.717, 1.165) is 6.92 Å². The van der Waals surface area contributed by atoms with E-state index in [0.29, 0.717) is 0 Å². The van der Waals surface area contributed by atoms with Crippen LogP contribution in [0.1, 0.15) is 27.7 Å². The van der Waals surface area contributed by atoms with Crippen LogP contribution in [-0.2, 0) is 4.74 Å². The summed E-state index contributed by atoms with van der Waals surface area (Å²) in [5, 5.41) is 0. The van der Waals surface area contributed by atoms with Crippen LogP contribution in [0.25, 0.3) is 0 Å². The largest absolute Gasteiger partial charge is 0.443 e. The van der Waals surface area contributed by atoms with E-state index >= 15 is 0 Å². The minimum Gasteiger partial charge on any atom is -0.443 e. The van der Waals surface area contributed by atoms with Gasteiger partial charge in [-0.25, -0.2) is 10.2 Å². The third kappa shape index (κ3) is 7.33. The van der Waals surface area contributed by atoms with Crippen molar-refractivity contribution in [2.24, 2.45) is 5.92 Å². The number of alkyl halides is 3. The lowest BCUT2D eigenvalue weighted by Crippen LogP contribution is -2.44. The lowest BCUT2D eigenvalue weighted by atomic mass is 10.2. The summed E-state index contributed by atoms with van der Waals surface area (Å²) in [6.45, 7) is 5.59. The van der Waals surface area contributed by atoms with E-state index in [1.54, 1.807) is 20.8 Å². The molecule has 1 amide bonds. The zero-order valence-corrected chi connectivity index (χ0v) is 9.73. The molecule has 96 valence electrons. The second-order valence-corrected chi connectivity index (χ2v) is 4.45. The number of hydrazine groups is 1. The van der Waals surface area contributed by atoms with Crippen LogP contribution in [0, 0.1) is 5.92 Å². The molecule has 0 aliphatic heterocycles. The molecule has 0 aromatic rings. The first-order chi connectivity index (χ1) is 7.02. The number of halogens is 3. The molecule has 0 aromatic heterocycles. The molecule has 4 nitrogen and oxygen atoms in total. The highest BCUT2D eigenvalue weighted by atomic mass is 19.4. The minimum absolute atomic E-state index is 0.400. The van der Waals surface area contributed by atoms with Gasteiger partial charge in [0, 0.05) is 6.54 Å².